The highest BCUT2D eigenvalue weighted by Crippen LogP contribution is 2.39. The first-order chi connectivity index (χ1) is 23.9. The van der Waals surface area contributed by atoms with Crippen LogP contribution in [0.25, 0.3) is 0 Å². The number of ether oxygens (including phenoxy) is 9. The van der Waals surface area contributed by atoms with E-state index in [1.165, 1.54) is 0 Å². The Bertz CT molecular complexity index is 1420. The first-order valence-corrected chi connectivity index (χ1v) is 18.0. The van der Waals surface area contributed by atoms with Gasteiger partial charge in [-0.15, -0.1) is 0 Å². The number of fused-ring (bicyclic) bond motifs is 4. The zero-order valence-electron chi connectivity index (χ0n) is 25.7. The summed E-state index contributed by atoms with van der Waals surface area (Å²) in [7, 11) is -10.8. The number of rotatable bonds is 12. The van der Waals surface area contributed by atoms with Crippen LogP contribution >= 0.6 is 0 Å². The van der Waals surface area contributed by atoms with Gasteiger partial charge in [0.2, 0.25) is 10.4 Å². The number of aliphatic hydroxyl groups is 8. The minimum absolute atomic E-state index is 0.152. The molecule has 51 heavy (non-hydrogen) atoms. The van der Waals surface area contributed by atoms with Crippen molar-refractivity contribution >= 4 is 20.8 Å². The molecule has 0 aromatic carbocycles. The maximum Gasteiger partial charge on any atom is 0.397 e. The first kappa shape index (κ1) is 39.7. The van der Waals surface area contributed by atoms with Crippen molar-refractivity contribution in [1.29, 1.82) is 0 Å². The summed E-state index contributed by atoms with van der Waals surface area (Å²) in [4.78, 5) is 0. The van der Waals surface area contributed by atoms with Gasteiger partial charge in [-0.3, -0.25) is 8.74 Å². The Morgan fingerprint density at radius 1 is 0.569 bits per heavy atom. The van der Waals surface area contributed by atoms with Gasteiger partial charge >= 0.3 is 10.4 Å². The van der Waals surface area contributed by atoms with E-state index in [1.807, 2.05) is 0 Å². The van der Waals surface area contributed by atoms with Crippen molar-refractivity contribution < 1.29 is 118 Å². The Balaban J connectivity index is 1.19. The first-order valence-electron chi connectivity index (χ1n) is 15.3. The maximum absolute atomic E-state index is 11.6. The minimum atomic E-state index is -5.54. The monoisotopic (exact) mass is 789 g/mol. The second-order valence-electron chi connectivity index (χ2n) is 12.4. The van der Waals surface area contributed by atoms with Gasteiger partial charge in [-0.25, -0.2) is 12.6 Å². The third-order valence-corrected chi connectivity index (χ3v) is 10.0. The van der Waals surface area contributed by atoms with E-state index in [4.69, 9.17) is 42.6 Å². The summed E-state index contributed by atoms with van der Waals surface area (Å²) in [5.74, 6) is 0. The third-order valence-electron chi connectivity index (χ3n) is 9.11. The second-order valence-corrected chi connectivity index (χ2v) is 14.4. The number of hydrogen-bond donors (Lipinski definition) is 9. The van der Waals surface area contributed by atoms with Gasteiger partial charge in [0.25, 0.3) is 0 Å². The fourth-order valence-electron chi connectivity index (χ4n) is 6.75. The summed E-state index contributed by atoms with van der Waals surface area (Å²) < 4.78 is 126. The van der Waals surface area contributed by atoms with Crippen molar-refractivity contribution in [3.63, 3.8) is 0 Å². The lowest BCUT2D eigenvalue weighted by Gasteiger charge is -2.48. The van der Waals surface area contributed by atoms with E-state index in [0.717, 1.165) is 0 Å². The fourth-order valence-corrected chi connectivity index (χ4v) is 7.77. The highest BCUT2D eigenvalue weighted by molar-refractivity contribution is 7.81. The lowest BCUT2D eigenvalue weighted by molar-refractivity contribution is -0.370. The molecule has 6 fully saturated rings. The lowest BCUT2D eigenvalue weighted by atomic mass is 9.96. The minimum Gasteiger partial charge on any atom is -0.726 e. The zero-order chi connectivity index (χ0) is 37.2. The molecule has 20 unspecified atom stereocenters. The van der Waals surface area contributed by atoms with Crippen LogP contribution in [0.1, 0.15) is 0 Å². The standard InChI is InChI=1S/C24H38O25S2/c25-1-5-15(48-50(33,34)35)19(10(28)21(32)41-5)46-23-12(30)18-14(8(44-23)4-40-18)45-24-13(31)20(16(6(2-26)42-24)49-51(36,37)38)47-22-11(29)17-9(27)7(43-22)3-39-17/h5-32H,1-4H2,(H,33,34,35)(H,36,37,38)/p-1. The molecule has 6 saturated heterocycles. The van der Waals surface area contributed by atoms with Gasteiger partial charge in [0.15, 0.2) is 25.2 Å². The molecule has 0 aromatic heterocycles. The predicted octanol–water partition coefficient (Wildman–Crippen LogP) is -8.35. The van der Waals surface area contributed by atoms with Crippen LogP contribution in [-0.4, -0.2) is 216 Å². The van der Waals surface area contributed by atoms with E-state index in [9.17, 15) is 66.8 Å². The molecular weight excluding hydrogens is 752 g/mol. The molecule has 296 valence electrons. The molecule has 0 spiro atoms. The Kier molecular flexibility index (Phi) is 11.9. The quantitative estimate of drug-likeness (QED) is 0.0654. The normalized spacial score (nSPS) is 50.4. The van der Waals surface area contributed by atoms with E-state index < -0.39 is 157 Å². The zero-order valence-corrected chi connectivity index (χ0v) is 27.4. The van der Waals surface area contributed by atoms with Gasteiger partial charge in [-0.2, -0.15) is 8.42 Å². The van der Waals surface area contributed by atoms with E-state index in [0.29, 0.717) is 0 Å². The summed E-state index contributed by atoms with van der Waals surface area (Å²) in [6.45, 7) is -2.51. The molecule has 0 amide bonds. The molecule has 4 bridgehead atoms. The molecule has 20 atom stereocenters. The molecule has 6 heterocycles. The smallest absolute Gasteiger partial charge is 0.397 e. The van der Waals surface area contributed by atoms with Crippen LogP contribution in [0.5, 0.6) is 0 Å². The van der Waals surface area contributed by atoms with E-state index in [2.05, 4.69) is 8.37 Å². The number of aliphatic hydroxyl groups excluding tert-OH is 8. The van der Waals surface area contributed by atoms with Crippen molar-refractivity contribution in [2.24, 2.45) is 0 Å². The van der Waals surface area contributed by atoms with Crippen LogP contribution in [0.15, 0.2) is 0 Å². The Morgan fingerprint density at radius 2 is 1.06 bits per heavy atom. The van der Waals surface area contributed by atoms with E-state index in [-0.39, 0.29) is 13.2 Å². The summed E-state index contributed by atoms with van der Waals surface area (Å²) in [5.41, 5.74) is 0. The molecule has 0 radical (unpaired) electrons. The summed E-state index contributed by atoms with van der Waals surface area (Å²) in [6, 6.07) is 0. The molecule has 0 aromatic rings. The van der Waals surface area contributed by atoms with Crippen LogP contribution in [0, 0.1) is 0 Å². The number of hydrogen-bond acceptors (Lipinski definition) is 24. The molecule has 0 saturated carbocycles. The third kappa shape index (κ3) is 8.21. The van der Waals surface area contributed by atoms with Crippen molar-refractivity contribution in [3.05, 3.63) is 0 Å². The lowest BCUT2D eigenvalue weighted by Crippen LogP contribution is -2.66. The fraction of sp³-hybridized carbons (Fsp3) is 1.00. The van der Waals surface area contributed by atoms with Gasteiger partial charge in [0.1, 0.15) is 97.7 Å². The highest BCUT2D eigenvalue weighted by Gasteiger charge is 2.59. The SMILES string of the molecule is O=S(=O)([O-])OC1C(CO)OC(OC2C3COC2C(O)C(OC2C(O)C(O)OC(CO)C2OS(=O)(=O)O)O3)C(O)C1OC1OC2COC(C2O)C1O. The van der Waals surface area contributed by atoms with Crippen molar-refractivity contribution in [1.82, 2.24) is 0 Å². The van der Waals surface area contributed by atoms with E-state index in [1.54, 1.807) is 0 Å². The molecule has 6 aliphatic rings. The maximum atomic E-state index is 11.6. The Morgan fingerprint density at radius 3 is 1.67 bits per heavy atom. The molecule has 6 aliphatic heterocycles. The van der Waals surface area contributed by atoms with Crippen LogP contribution in [0.3, 0.4) is 0 Å². The van der Waals surface area contributed by atoms with Gasteiger partial charge in [-0.05, 0) is 0 Å². The van der Waals surface area contributed by atoms with Gasteiger partial charge in [0.05, 0.1) is 26.4 Å². The summed E-state index contributed by atoms with van der Waals surface area (Å²) in [6.07, 6.45) is -34.0. The van der Waals surface area contributed by atoms with Gasteiger partial charge < -0.3 is 88.0 Å². The van der Waals surface area contributed by atoms with Gasteiger partial charge in [0, 0.05) is 0 Å². The molecule has 6 rings (SSSR count). The van der Waals surface area contributed by atoms with Crippen LogP contribution in [-0.2, 0) is 71.8 Å². The molecule has 25 nitrogen and oxygen atoms in total. The van der Waals surface area contributed by atoms with E-state index >= 15 is 0 Å². The molecule has 9 N–H and O–H groups in total. The predicted molar refractivity (Wildman–Crippen MR) is 146 cm³/mol. The van der Waals surface area contributed by atoms with Gasteiger partial charge in [-0.1, -0.05) is 0 Å². The summed E-state index contributed by atoms with van der Waals surface area (Å²) in [5, 5.41) is 83.6. The van der Waals surface area contributed by atoms with Crippen LogP contribution in [0.2, 0.25) is 0 Å². The largest absolute Gasteiger partial charge is 0.726 e. The highest BCUT2D eigenvalue weighted by atomic mass is 32.3. The molecule has 27 heteroatoms. The second kappa shape index (κ2) is 15.3. The van der Waals surface area contributed by atoms with Crippen molar-refractivity contribution in [2.45, 2.75) is 123 Å². The Labute approximate surface area is 287 Å². The van der Waals surface area contributed by atoms with Crippen molar-refractivity contribution in [3.8, 4) is 0 Å². The average molecular weight is 790 g/mol. The van der Waals surface area contributed by atoms with Crippen LogP contribution < -0.4 is 0 Å². The molecule has 0 aliphatic carbocycles. The van der Waals surface area contributed by atoms with Crippen LogP contribution in [0.4, 0.5) is 0 Å². The van der Waals surface area contributed by atoms with Crippen molar-refractivity contribution in [2.75, 3.05) is 26.4 Å². The molecular formula is C24H37O25S2-. The summed E-state index contributed by atoms with van der Waals surface area (Å²) >= 11 is 0. The topological polar surface area (TPSA) is 375 Å². The average Bonchev–Trinajstić information content (AvgIpc) is 3.50. The Hall–Kier alpha value is -0.940.